The number of ether oxygens (including phenoxy) is 2. The van der Waals surface area contributed by atoms with E-state index in [4.69, 9.17) is 9.47 Å². The molecule has 0 aromatic carbocycles. The molecule has 2 nitrogen and oxygen atoms in total. The molecule has 0 unspecified atom stereocenters. The fourth-order valence-electron chi connectivity index (χ4n) is 4.04. The van der Waals surface area contributed by atoms with Gasteiger partial charge in [-0.05, 0) is 55.3 Å². The van der Waals surface area contributed by atoms with Crippen molar-refractivity contribution in [2.45, 2.75) is 86.2 Å². The Labute approximate surface area is 133 Å². The summed E-state index contributed by atoms with van der Waals surface area (Å²) in [5.74, 6) is 0.855. The third-order valence-corrected chi connectivity index (χ3v) is 4.70. The molecule has 1 aliphatic rings. The summed E-state index contributed by atoms with van der Waals surface area (Å²) >= 11 is 0. The van der Waals surface area contributed by atoms with Crippen molar-refractivity contribution >= 4 is 0 Å². The van der Waals surface area contributed by atoms with Crippen molar-refractivity contribution < 1.29 is 9.47 Å². The maximum Gasteiger partial charge on any atom is 0.0704 e. The molecule has 0 bridgehead atoms. The van der Waals surface area contributed by atoms with Crippen LogP contribution >= 0.6 is 0 Å². The molecule has 0 radical (unpaired) electrons. The van der Waals surface area contributed by atoms with E-state index in [-0.39, 0.29) is 0 Å². The highest BCUT2D eigenvalue weighted by atomic mass is 16.5. The minimum absolute atomic E-state index is 0.424. The van der Waals surface area contributed by atoms with Crippen molar-refractivity contribution in [3.05, 3.63) is 0 Å². The SMILES string of the molecule is CCCOCCOC1CCC(C(C)(C)CC(C)(C)C)CC1. The molecule has 126 valence electrons. The van der Waals surface area contributed by atoms with Gasteiger partial charge >= 0.3 is 0 Å². The van der Waals surface area contributed by atoms with Crippen molar-refractivity contribution in [3.63, 3.8) is 0 Å². The van der Waals surface area contributed by atoms with Gasteiger partial charge in [-0.1, -0.05) is 41.5 Å². The first-order chi connectivity index (χ1) is 9.74. The van der Waals surface area contributed by atoms with Gasteiger partial charge in [-0.2, -0.15) is 0 Å². The Kier molecular flexibility index (Phi) is 7.70. The summed E-state index contributed by atoms with van der Waals surface area (Å²) < 4.78 is 11.4. The van der Waals surface area contributed by atoms with Crippen LogP contribution in [0.25, 0.3) is 0 Å². The minimum atomic E-state index is 0.424. The van der Waals surface area contributed by atoms with Crippen LogP contribution in [-0.4, -0.2) is 25.9 Å². The van der Waals surface area contributed by atoms with Crippen LogP contribution in [0, 0.1) is 16.7 Å². The number of rotatable bonds is 8. The molecule has 0 aliphatic heterocycles. The average Bonchev–Trinajstić information content (AvgIpc) is 2.36. The van der Waals surface area contributed by atoms with Gasteiger partial charge in [-0.15, -0.1) is 0 Å². The highest BCUT2D eigenvalue weighted by molar-refractivity contribution is 4.86. The van der Waals surface area contributed by atoms with Gasteiger partial charge in [-0.3, -0.25) is 0 Å². The quantitative estimate of drug-likeness (QED) is 0.555. The van der Waals surface area contributed by atoms with Crippen LogP contribution in [-0.2, 0) is 9.47 Å². The van der Waals surface area contributed by atoms with Crippen molar-refractivity contribution in [2.75, 3.05) is 19.8 Å². The molecule has 0 aromatic rings. The average molecular weight is 299 g/mol. The molecule has 0 aromatic heterocycles. The van der Waals surface area contributed by atoms with Crippen molar-refractivity contribution in [1.29, 1.82) is 0 Å². The summed E-state index contributed by atoms with van der Waals surface area (Å²) in [6, 6.07) is 0. The van der Waals surface area contributed by atoms with Crippen LogP contribution in [0.3, 0.4) is 0 Å². The zero-order valence-corrected chi connectivity index (χ0v) is 15.3. The first-order valence-corrected chi connectivity index (χ1v) is 8.94. The molecule has 0 N–H and O–H groups in total. The van der Waals surface area contributed by atoms with E-state index in [1.807, 2.05) is 0 Å². The lowest BCUT2D eigenvalue weighted by Gasteiger charge is -2.42. The zero-order valence-electron chi connectivity index (χ0n) is 15.3. The summed E-state index contributed by atoms with van der Waals surface area (Å²) in [5, 5.41) is 0. The predicted molar refractivity (Wildman–Crippen MR) is 90.7 cm³/mol. The highest BCUT2D eigenvalue weighted by Gasteiger charge is 2.35. The van der Waals surface area contributed by atoms with Gasteiger partial charge in [0.05, 0.1) is 19.3 Å². The molecular weight excluding hydrogens is 260 g/mol. The Morgan fingerprint density at radius 3 is 2.00 bits per heavy atom. The van der Waals surface area contributed by atoms with Gasteiger partial charge in [0.1, 0.15) is 0 Å². The molecule has 1 saturated carbocycles. The van der Waals surface area contributed by atoms with E-state index in [0.29, 0.717) is 16.9 Å². The van der Waals surface area contributed by atoms with Crippen LogP contribution in [0.4, 0.5) is 0 Å². The molecule has 21 heavy (non-hydrogen) atoms. The van der Waals surface area contributed by atoms with Gasteiger partial charge in [0.25, 0.3) is 0 Å². The second-order valence-corrected chi connectivity index (χ2v) is 8.68. The second kappa shape index (κ2) is 8.53. The third-order valence-electron chi connectivity index (χ3n) is 4.70. The molecule has 1 aliphatic carbocycles. The third kappa shape index (κ3) is 7.65. The normalized spacial score (nSPS) is 24.3. The van der Waals surface area contributed by atoms with E-state index < -0.39 is 0 Å². The lowest BCUT2D eigenvalue weighted by Crippen LogP contribution is -2.34. The summed E-state index contributed by atoms with van der Waals surface area (Å²) in [6.07, 6.45) is 7.97. The van der Waals surface area contributed by atoms with E-state index in [1.54, 1.807) is 0 Å². The van der Waals surface area contributed by atoms with E-state index in [0.717, 1.165) is 32.2 Å². The molecular formula is C19H38O2. The molecule has 1 fully saturated rings. The topological polar surface area (TPSA) is 18.5 Å². The van der Waals surface area contributed by atoms with Gasteiger partial charge in [0.2, 0.25) is 0 Å². The van der Waals surface area contributed by atoms with Gasteiger partial charge in [0.15, 0.2) is 0 Å². The van der Waals surface area contributed by atoms with Crippen LogP contribution < -0.4 is 0 Å². The van der Waals surface area contributed by atoms with E-state index in [2.05, 4.69) is 41.5 Å². The van der Waals surface area contributed by atoms with Crippen molar-refractivity contribution in [1.82, 2.24) is 0 Å². The van der Waals surface area contributed by atoms with Crippen molar-refractivity contribution in [3.8, 4) is 0 Å². The largest absolute Gasteiger partial charge is 0.379 e. The van der Waals surface area contributed by atoms with E-state index in [1.165, 1.54) is 32.1 Å². The molecule has 0 spiro atoms. The van der Waals surface area contributed by atoms with E-state index in [9.17, 15) is 0 Å². The fraction of sp³-hybridized carbons (Fsp3) is 1.00. The second-order valence-electron chi connectivity index (χ2n) is 8.68. The highest BCUT2D eigenvalue weighted by Crippen LogP contribution is 2.45. The Bertz CT molecular complexity index is 270. The Hall–Kier alpha value is -0.0800. The van der Waals surface area contributed by atoms with Gasteiger partial charge in [0, 0.05) is 6.61 Å². The summed E-state index contributed by atoms with van der Waals surface area (Å²) in [6.45, 7) is 16.5. The minimum Gasteiger partial charge on any atom is -0.379 e. The maximum absolute atomic E-state index is 5.97. The van der Waals surface area contributed by atoms with Gasteiger partial charge in [-0.25, -0.2) is 0 Å². The molecule has 0 saturated heterocycles. The number of hydrogen-bond acceptors (Lipinski definition) is 2. The smallest absolute Gasteiger partial charge is 0.0704 e. The van der Waals surface area contributed by atoms with Gasteiger partial charge < -0.3 is 9.47 Å². The summed E-state index contributed by atoms with van der Waals surface area (Å²) in [7, 11) is 0. The first kappa shape index (κ1) is 19.0. The lowest BCUT2D eigenvalue weighted by atomic mass is 9.64. The summed E-state index contributed by atoms with van der Waals surface area (Å²) in [5.41, 5.74) is 0.876. The van der Waals surface area contributed by atoms with Crippen LogP contribution in [0.1, 0.15) is 80.1 Å². The van der Waals surface area contributed by atoms with E-state index >= 15 is 0 Å². The Balaban J connectivity index is 2.25. The Morgan fingerprint density at radius 1 is 0.857 bits per heavy atom. The molecule has 0 amide bonds. The van der Waals surface area contributed by atoms with Crippen molar-refractivity contribution in [2.24, 2.45) is 16.7 Å². The first-order valence-electron chi connectivity index (χ1n) is 8.94. The van der Waals surface area contributed by atoms with Crippen LogP contribution in [0.2, 0.25) is 0 Å². The monoisotopic (exact) mass is 298 g/mol. The fourth-order valence-corrected chi connectivity index (χ4v) is 4.04. The maximum atomic E-state index is 5.97. The molecule has 0 atom stereocenters. The summed E-state index contributed by atoms with van der Waals surface area (Å²) in [4.78, 5) is 0. The number of hydrogen-bond donors (Lipinski definition) is 0. The molecule has 2 heteroatoms. The zero-order chi connectivity index (χ0) is 15.9. The Morgan fingerprint density at radius 2 is 1.48 bits per heavy atom. The lowest BCUT2D eigenvalue weighted by molar-refractivity contribution is -0.0295. The standard InChI is InChI=1S/C19H38O2/c1-7-12-20-13-14-21-17-10-8-16(9-11-17)19(5,6)15-18(2,3)4/h16-17H,7-15H2,1-6H3. The van der Waals surface area contributed by atoms with Crippen LogP contribution in [0.15, 0.2) is 0 Å². The van der Waals surface area contributed by atoms with Crippen LogP contribution in [0.5, 0.6) is 0 Å². The molecule has 0 heterocycles. The predicted octanol–water partition coefficient (Wildman–Crippen LogP) is 5.45. The molecule has 1 rings (SSSR count).